The molecule has 0 bridgehead atoms. The van der Waals surface area contributed by atoms with Gasteiger partial charge in [0.25, 0.3) is 0 Å². The number of hydrogen-bond acceptors (Lipinski definition) is 5. The van der Waals surface area contributed by atoms with Gasteiger partial charge in [0, 0.05) is 39.3 Å². The number of aliphatic hydroxyl groups excluding tert-OH is 1. The lowest BCUT2D eigenvalue weighted by Crippen LogP contribution is -2.50. The number of carbonyl (C=O) groups is 1. The molecule has 1 aromatic carbocycles. The lowest BCUT2D eigenvalue weighted by Gasteiger charge is -2.35. The lowest BCUT2D eigenvalue weighted by atomic mass is 10.0. The summed E-state index contributed by atoms with van der Waals surface area (Å²) in [6.45, 7) is 5.90. The number of β-amino-alcohol motifs (C(OH)–C–C–N with tert-alkyl or cyclic N) is 1. The monoisotopic (exact) mass is 347 g/mol. The highest BCUT2D eigenvalue weighted by molar-refractivity contribution is 5.79. The Morgan fingerprint density at radius 1 is 1.20 bits per heavy atom. The molecule has 2 aliphatic heterocycles. The number of likely N-dealkylation sites (tertiary alicyclic amines) is 1. The molecule has 0 spiro atoms. The molecule has 0 aromatic heterocycles. The van der Waals surface area contributed by atoms with Crippen LogP contribution in [-0.2, 0) is 4.79 Å². The lowest BCUT2D eigenvalue weighted by molar-refractivity contribution is -0.133. The summed E-state index contributed by atoms with van der Waals surface area (Å²) in [6, 6.07) is 8.24. The van der Waals surface area contributed by atoms with E-state index in [1.807, 2.05) is 23.1 Å². The molecule has 0 unspecified atom stereocenters. The second-order valence-corrected chi connectivity index (χ2v) is 6.86. The second kappa shape index (κ2) is 8.65. The molecular formula is C19H29N3O3. The summed E-state index contributed by atoms with van der Waals surface area (Å²) in [4.78, 5) is 19.4. The van der Waals surface area contributed by atoms with E-state index in [1.54, 1.807) is 7.11 Å². The number of nitrogens with zero attached hydrogens (tertiary/aromatic N) is 3. The smallest absolute Gasteiger partial charge is 0.237 e. The van der Waals surface area contributed by atoms with Crippen molar-refractivity contribution in [3.05, 3.63) is 29.8 Å². The number of hydrogen-bond donors (Lipinski definition) is 1. The summed E-state index contributed by atoms with van der Waals surface area (Å²) in [5.74, 6) is 1.07. The van der Waals surface area contributed by atoms with Gasteiger partial charge in [-0.15, -0.1) is 0 Å². The predicted molar refractivity (Wildman–Crippen MR) is 96.6 cm³/mol. The molecule has 2 aliphatic rings. The van der Waals surface area contributed by atoms with E-state index in [9.17, 15) is 4.79 Å². The summed E-state index contributed by atoms with van der Waals surface area (Å²) >= 11 is 0. The van der Waals surface area contributed by atoms with Crippen LogP contribution >= 0.6 is 0 Å². The Balaban J connectivity index is 1.58. The molecule has 6 nitrogen and oxygen atoms in total. The van der Waals surface area contributed by atoms with E-state index in [-0.39, 0.29) is 18.6 Å². The van der Waals surface area contributed by atoms with Crippen molar-refractivity contribution in [2.75, 3.05) is 59.5 Å². The van der Waals surface area contributed by atoms with Gasteiger partial charge in [-0.25, -0.2) is 0 Å². The van der Waals surface area contributed by atoms with Crippen molar-refractivity contribution in [2.45, 2.75) is 18.9 Å². The molecular weight excluding hydrogens is 318 g/mol. The number of ether oxygens (including phenoxy) is 1. The third kappa shape index (κ3) is 4.51. The zero-order valence-electron chi connectivity index (χ0n) is 15.1. The van der Waals surface area contributed by atoms with Crippen LogP contribution in [0.5, 0.6) is 5.75 Å². The van der Waals surface area contributed by atoms with E-state index < -0.39 is 0 Å². The van der Waals surface area contributed by atoms with Crippen LogP contribution in [0.1, 0.15) is 24.4 Å². The minimum Gasteiger partial charge on any atom is -0.497 e. The van der Waals surface area contributed by atoms with Gasteiger partial charge in [0.15, 0.2) is 0 Å². The maximum atomic E-state index is 12.9. The Labute approximate surface area is 150 Å². The zero-order valence-corrected chi connectivity index (χ0v) is 15.1. The van der Waals surface area contributed by atoms with E-state index in [1.165, 1.54) is 0 Å². The Bertz CT molecular complexity index is 573. The standard InChI is InChI=1S/C19H29N3O3/c1-25-17-5-2-4-16(14-17)18-6-3-7-22(18)19(24)15-21-10-8-20(9-11-21)12-13-23/h2,4-5,14,18,23H,3,6-13,15H2,1H3/t18-/m1/s1. The van der Waals surface area contributed by atoms with Crippen LogP contribution in [0.3, 0.4) is 0 Å². The largest absolute Gasteiger partial charge is 0.497 e. The van der Waals surface area contributed by atoms with Gasteiger partial charge in [0.2, 0.25) is 5.91 Å². The molecule has 6 heteroatoms. The van der Waals surface area contributed by atoms with E-state index >= 15 is 0 Å². The van der Waals surface area contributed by atoms with Crippen molar-refractivity contribution >= 4 is 5.91 Å². The van der Waals surface area contributed by atoms with Gasteiger partial charge in [0.1, 0.15) is 5.75 Å². The first kappa shape index (κ1) is 18.2. The average molecular weight is 347 g/mol. The first-order chi connectivity index (χ1) is 12.2. The molecule has 1 atom stereocenters. The minimum absolute atomic E-state index is 0.165. The van der Waals surface area contributed by atoms with Crippen LogP contribution in [0.15, 0.2) is 24.3 Å². The Morgan fingerprint density at radius 2 is 1.96 bits per heavy atom. The maximum Gasteiger partial charge on any atom is 0.237 e. The maximum absolute atomic E-state index is 12.9. The summed E-state index contributed by atoms with van der Waals surface area (Å²) in [5.41, 5.74) is 1.16. The molecule has 1 aromatic rings. The minimum atomic E-state index is 0.165. The highest BCUT2D eigenvalue weighted by atomic mass is 16.5. The fourth-order valence-electron chi connectivity index (χ4n) is 3.86. The fraction of sp³-hybridized carbons (Fsp3) is 0.632. The average Bonchev–Trinajstić information content (AvgIpc) is 3.13. The molecule has 2 saturated heterocycles. The van der Waals surface area contributed by atoms with Crippen molar-refractivity contribution in [3.8, 4) is 5.75 Å². The van der Waals surface area contributed by atoms with Crippen molar-refractivity contribution in [2.24, 2.45) is 0 Å². The zero-order chi connectivity index (χ0) is 17.6. The quantitative estimate of drug-likeness (QED) is 0.831. The molecule has 0 saturated carbocycles. The molecule has 1 N–H and O–H groups in total. The Hall–Kier alpha value is -1.63. The van der Waals surface area contributed by atoms with Crippen LogP contribution in [0.25, 0.3) is 0 Å². The number of amides is 1. The number of aliphatic hydroxyl groups is 1. The summed E-state index contributed by atoms with van der Waals surface area (Å²) in [7, 11) is 1.67. The molecule has 2 fully saturated rings. The van der Waals surface area contributed by atoms with E-state index in [0.717, 1.165) is 63.4 Å². The highest BCUT2D eigenvalue weighted by Gasteiger charge is 2.31. The molecule has 25 heavy (non-hydrogen) atoms. The van der Waals surface area contributed by atoms with Crippen molar-refractivity contribution in [1.82, 2.24) is 14.7 Å². The summed E-state index contributed by atoms with van der Waals surface area (Å²) < 4.78 is 5.33. The summed E-state index contributed by atoms with van der Waals surface area (Å²) in [5, 5.41) is 9.02. The van der Waals surface area contributed by atoms with Crippen molar-refractivity contribution in [1.29, 1.82) is 0 Å². The van der Waals surface area contributed by atoms with E-state index in [4.69, 9.17) is 9.84 Å². The SMILES string of the molecule is COc1cccc([C@H]2CCCN2C(=O)CN2CCN(CCO)CC2)c1. The van der Waals surface area contributed by atoms with Crippen LogP contribution in [0.4, 0.5) is 0 Å². The summed E-state index contributed by atoms with van der Waals surface area (Å²) in [6.07, 6.45) is 2.07. The Kier molecular flexibility index (Phi) is 6.29. The Morgan fingerprint density at radius 3 is 2.68 bits per heavy atom. The van der Waals surface area contributed by atoms with Crippen LogP contribution in [0, 0.1) is 0 Å². The van der Waals surface area contributed by atoms with Crippen LogP contribution in [-0.4, -0.2) is 85.2 Å². The second-order valence-electron chi connectivity index (χ2n) is 6.86. The topological polar surface area (TPSA) is 56.2 Å². The van der Waals surface area contributed by atoms with Gasteiger partial charge in [-0.1, -0.05) is 12.1 Å². The number of methoxy groups -OCH3 is 1. The molecule has 3 rings (SSSR count). The molecule has 1 amide bonds. The van der Waals surface area contributed by atoms with Gasteiger partial charge in [-0.05, 0) is 30.5 Å². The van der Waals surface area contributed by atoms with Crippen molar-refractivity contribution < 1.29 is 14.6 Å². The van der Waals surface area contributed by atoms with Crippen LogP contribution in [0.2, 0.25) is 0 Å². The number of carbonyl (C=O) groups excluding carboxylic acids is 1. The molecule has 0 aliphatic carbocycles. The number of rotatable bonds is 6. The van der Waals surface area contributed by atoms with Gasteiger partial charge in [0.05, 0.1) is 26.3 Å². The van der Waals surface area contributed by atoms with Crippen molar-refractivity contribution in [3.63, 3.8) is 0 Å². The third-order valence-corrected chi connectivity index (χ3v) is 5.29. The molecule has 2 heterocycles. The van der Waals surface area contributed by atoms with Gasteiger partial charge < -0.3 is 14.7 Å². The molecule has 0 radical (unpaired) electrons. The molecule has 138 valence electrons. The van der Waals surface area contributed by atoms with Gasteiger partial charge >= 0.3 is 0 Å². The fourth-order valence-corrected chi connectivity index (χ4v) is 3.86. The van der Waals surface area contributed by atoms with E-state index in [0.29, 0.717) is 6.54 Å². The highest BCUT2D eigenvalue weighted by Crippen LogP contribution is 2.33. The van der Waals surface area contributed by atoms with Gasteiger partial charge in [-0.2, -0.15) is 0 Å². The van der Waals surface area contributed by atoms with E-state index in [2.05, 4.69) is 15.9 Å². The first-order valence-electron chi connectivity index (χ1n) is 9.20. The first-order valence-corrected chi connectivity index (χ1v) is 9.20. The van der Waals surface area contributed by atoms with Gasteiger partial charge in [-0.3, -0.25) is 14.6 Å². The normalized spacial score (nSPS) is 22.3. The van der Waals surface area contributed by atoms with Crippen LogP contribution < -0.4 is 4.74 Å². The number of benzene rings is 1. The predicted octanol–water partition coefficient (Wildman–Crippen LogP) is 0.969. The number of piperazine rings is 1. The third-order valence-electron chi connectivity index (χ3n) is 5.29.